The van der Waals surface area contributed by atoms with Gasteiger partial charge in [-0.1, -0.05) is 12.1 Å². The molecule has 1 unspecified atom stereocenters. The maximum absolute atomic E-state index is 12.1. The van der Waals surface area contributed by atoms with Gasteiger partial charge in [-0.2, -0.15) is 0 Å². The third-order valence-corrected chi connectivity index (χ3v) is 4.39. The molecule has 0 aliphatic carbocycles. The monoisotopic (exact) mass is 391 g/mol. The lowest BCUT2D eigenvalue weighted by atomic mass is 10.0. The zero-order chi connectivity index (χ0) is 19.6. The van der Waals surface area contributed by atoms with Gasteiger partial charge in [0.1, 0.15) is 5.76 Å². The van der Waals surface area contributed by atoms with Crippen molar-refractivity contribution in [3.05, 3.63) is 54.0 Å². The van der Waals surface area contributed by atoms with Crippen molar-refractivity contribution in [3.63, 3.8) is 0 Å². The lowest BCUT2D eigenvalue weighted by Crippen LogP contribution is -2.43. The molecule has 0 spiro atoms. The highest BCUT2D eigenvalue weighted by atomic mass is 32.2. The van der Waals surface area contributed by atoms with Gasteiger partial charge in [-0.15, -0.1) is 11.8 Å². The molecule has 0 bridgehead atoms. The molecule has 144 valence electrons. The van der Waals surface area contributed by atoms with Gasteiger partial charge in [-0.3, -0.25) is 9.59 Å². The van der Waals surface area contributed by atoms with Crippen molar-refractivity contribution in [1.29, 1.82) is 0 Å². The fourth-order valence-electron chi connectivity index (χ4n) is 2.31. The van der Waals surface area contributed by atoms with Crippen molar-refractivity contribution >= 4 is 29.7 Å². The molecule has 0 aliphatic rings. The standard InChI is InChI=1S/C18H21N3O5S/c1-27-14-6-4-12(5-7-14)15(9-17(23)24)21-16(22)11-20-18(25)19-10-13-3-2-8-26-13/h2-8,15H,9-11H2,1H3,(H,21,22)(H,23,24)(H2,19,20,25). The van der Waals surface area contributed by atoms with Crippen LogP contribution >= 0.6 is 11.8 Å². The first kappa shape index (κ1) is 20.4. The number of carbonyl (C=O) groups excluding carboxylic acids is 2. The third-order valence-electron chi connectivity index (χ3n) is 3.64. The van der Waals surface area contributed by atoms with Gasteiger partial charge in [-0.05, 0) is 36.1 Å². The van der Waals surface area contributed by atoms with Gasteiger partial charge >= 0.3 is 12.0 Å². The van der Waals surface area contributed by atoms with Crippen LogP contribution in [-0.4, -0.2) is 35.8 Å². The molecule has 8 nitrogen and oxygen atoms in total. The Bertz CT molecular complexity index is 762. The minimum atomic E-state index is -1.03. The summed E-state index contributed by atoms with van der Waals surface area (Å²) in [6.07, 6.45) is 3.18. The first-order chi connectivity index (χ1) is 13.0. The van der Waals surface area contributed by atoms with E-state index < -0.39 is 23.9 Å². The number of hydrogen-bond donors (Lipinski definition) is 4. The highest BCUT2D eigenvalue weighted by molar-refractivity contribution is 7.98. The van der Waals surface area contributed by atoms with Gasteiger partial charge in [-0.25, -0.2) is 4.79 Å². The van der Waals surface area contributed by atoms with Crippen LogP contribution in [0.1, 0.15) is 23.8 Å². The maximum Gasteiger partial charge on any atom is 0.315 e. The average molecular weight is 391 g/mol. The van der Waals surface area contributed by atoms with E-state index in [1.54, 1.807) is 36.0 Å². The van der Waals surface area contributed by atoms with E-state index in [2.05, 4.69) is 16.0 Å². The molecule has 1 aromatic carbocycles. The van der Waals surface area contributed by atoms with Crippen LogP contribution in [0.15, 0.2) is 52.0 Å². The Balaban J connectivity index is 1.85. The van der Waals surface area contributed by atoms with E-state index in [-0.39, 0.29) is 19.5 Å². The first-order valence-corrected chi connectivity index (χ1v) is 9.39. The molecule has 0 aliphatic heterocycles. The van der Waals surface area contributed by atoms with Crippen LogP contribution in [0.2, 0.25) is 0 Å². The van der Waals surface area contributed by atoms with E-state index in [4.69, 9.17) is 9.52 Å². The summed E-state index contributed by atoms with van der Waals surface area (Å²) in [7, 11) is 0. The van der Waals surface area contributed by atoms with Gasteiger partial charge in [0.2, 0.25) is 5.91 Å². The second kappa shape index (κ2) is 10.3. The number of amides is 3. The molecule has 0 fully saturated rings. The number of hydrogen-bond acceptors (Lipinski definition) is 5. The summed E-state index contributed by atoms with van der Waals surface area (Å²) in [5.41, 5.74) is 0.686. The molecule has 27 heavy (non-hydrogen) atoms. The molecule has 1 atom stereocenters. The quantitative estimate of drug-likeness (QED) is 0.486. The largest absolute Gasteiger partial charge is 0.481 e. The van der Waals surface area contributed by atoms with Crippen LogP contribution < -0.4 is 16.0 Å². The van der Waals surface area contributed by atoms with Crippen molar-refractivity contribution in [2.24, 2.45) is 0 Å². The highest BCUT2D eigenvalue weighted by Crippen LogP contribution is 2.21. The summed E-state index contributed by atoms with van der Waals surface area (Å²) >= 11 is 1.57. The number of benzene rings is 1. The van der Waals surface area contributed by atoms with Crippen LogP contribution in [0.5, 0.6) is 0 Å². The van der Waals surface area contributed by atoms with E-state index in [1.807, 2.05) is 18.4 Å². The predicted octanol–water partition coefficient (Wildman–Crippen LogP) is 2.13. The smallest absolute Gasteiger partial charge is 0.315 e. The second-order valence-corrected chi connectivity index (χ2v) is 6.49. The van der Waals surface area contributed by atoms with E-state index in [9.17, 15) is 14.4 Å². The molecule has 9 heteroatoms. The minimum absolute atomic E-state index is 0.198. The number of aliphatic carboxylic acids is 1. The maximum atomic E-state index is 12.1. The van der Waals surface area contributed by atoms with Gasteiger partial charge in [0, 0.05) is 4.90 Å². The number of urea groups is 1. The Labute approximate surface area is 160 Å². The van der Waals surface area contributed by atoms with Crippen LogP contribution in [0, 0.1) is 0 Å². The highest BCUT2D eigenvalue weighted by Gasteiger charge is 2.18. The zero-order valence-electron chi connectivity index (χ0n) is 14.7. The van der Waals surface area contributed by atoms with Crippen molar-refractivity contribution < 1.29 is 23.9 Å². The van der Waals surface area contributed by atoms with Crippen molar-refractivity contribution in [2.45, 2.75) is 23.9 Å². The number of rotatable bonds is 9. The molecule has 2 rings (SSSR count). The third kappa shape index (κ3) is 7.06. The first-order valence-electron chi connectivity index (χ1n) is 8.17. The summed E-state index contributed by atoms with van der Waals surface area (Å²) < 4.78 is 5.09. The molecular weight excluding hydrogens is 370 g/mol. The summed E-state index contributed by atoms with van der Waals surface area (Å²) in [6.45, 7) is -0.0765. The summed E-state index contributed by atoms with van der Waals surface area (Å²) in [6, 6.07) is 9.50. The molecule has 0 radical (unpaired) electrons. The van der Waals surface area contributed by atoms with Gasteiger partial charge in [0.05, 0.1) is 31.8 Å². The average Bonchev–Trinajstić information content (AvgIpc) is 3.17. The van der Waals surface area contributed by atoms with E-state index in [1.165, 1.54) is 6.26 Å². The van der Waals surface area contributed by atoms with Crippen LogP contribution in [0.25, 0.3) is 0 Å². The van der Waals surface area contributed by atoms with Crippen molar-refractivity contribution in [3.8, 4) is 0 Å². The second-order valence-electron chi connectivity index (χ2n) is 5.61. The minimum Gasteiger partial charge on any atom is -0.481 e. The zero-order valence-corrected chi connectivity index (χ0v) is 15.5. The number of thioether (sulfide) groups is 1. The SMILES string of the molecule is CSc1ccc(C(CC(=O)O)NC(=O)CNC(=O)NCc2ccco2)cc1. The molecular formula is C18H21N3O5S. The van der Waals surface area contributed by atoms with Gasteiger partial charge < -0.3 is 25.5 Å². The van der Waals surface area contributed by atoms with E-state index in [0.29, 0.717) is 11.3 Å². The Kier molecular flexibility index (Phi) is 7.75. The molecule has 0 saturated heterocycles. The predicted molar refractivity (Wildman–Crippen MR) is 100 cm³/mol. The lowest BCUT2D eigenvalue weighted by molar-refractivity contribution is -0.137. The van der Waals surface area contributed by atoms with Gasteiger partial charge in [0.15, 0.2) is 0 Å². The fourth-order valence-corrected chi connectivity index (χ4v) is 2.72. The normalized spacial score (nSPS) is 11.4. The van der Waals surface area contributed by atoms with Crippen LogP contribution in [0.3, 0.4) is 0 Å². The van der Waals surface area contributed by atoms with E-state index >= 15 is 0 Å². The van der Waals surface area contributed by atoms with Crippen LogP contribution in [0.4, 0.5) is 4.79 Å². The van der Waals surface area contributed by atoms with Crippen molar-refractivity contribution in [1.82, 2.24) is 16.0 Å². The summed E-state index contributed by atoms with van der Waals surface area (Å²) in [5.74, 6) is -0.924. The fraction of sp³-hybridized carbons (Fsp3) is 0.278. The number of furan rings is 1. The lowest BCUT2D eigenvalue weighted by Gasteiger charge is -2.18. The summed E-state index contributed by atoms with van der Waals surface area (Å²) in [5, 5.41) is 16.7. The molecule has 1 heterocycles. The molecule has 3 amide bonds. The summed E-state index contributed by atoms with van der Waals surface area (Å²) in [4.78, 5) is 35.9. The Hall–Kier alpha value is -2.94. The van der Waals surface area contributed by atoms with Crippen LogP contribution in [-0.2, 0) is 16.1 Å². The Morgan fingerprint density at radius 3 is 2.48 bits per heavy atom. The number of carboxylic acids is 1. The number of nitrogens with one attached hydrogen (secondary N) is 3. The molecule has 4 N–H and O–H groups in total. The molecule has 0 saturated carbocycles. The van der Waals surface area contributed by atoms with Gasteiger partial charge in [0.25, 0.3) is 0 Å². The van der Waals surface area contributed by atoms with E-state index in [0.717, 1.165) is 4.90 Å². The number of carbonyl (C=O) groups is 3. The van der Waals surface area contributed by atoms with Crippen molar-refractivity contribution in [2.75, 3.05) is 12.8 Å². The number of carboxylic acid groups (broad SMARTS) is 1. The topological polar surface area (TPSA) is 121 Å². The Morgan fingerprint density at radius 2 is 1.89 bits per heavy atom. The Morgan fingerprint density at radius 1 is 1.15 bits per heavy atom. The molecule has 2 aromatic rings. The molecule has 1 aromatic heterocycles.